The molecule has 0 spiro atoms. The third-order valence-electron chi connectivity index (χ3n) is 2.55. The molecule has 0 aromatic heterocycles. The van der Waals surface area contributed by atoms with Gasteiger partial charge in [-0.2, -0.15) is 0 Å². The molecule has 0 bridgehead atoms. The second-order valence-electron chi connectivity index (χ2n) is 4.71. The molecule has 86 valence electrons. The second kappa shape index (κ2) is 6.38. The third kappa shape index (κ3) is 3.72. The Balaban J connectivity index is 0.000000386. The number of benzene rings is 1. The van der Waals surface area contributed by atoms with Crippen molar-refractivity contribution in [2.24, 2.45) is 0 Å². The summed E-state index contributed by atoms with van der Waals surface area (Å²) in [7, 11) is 9.87. The van der Waals surface area contributed by atoms with E-state index in [1.165, 1.54) is 16.7 Å². The van der Waals surface area contributed by atoms with Gasteiger partial charge in [0.1, 0.15) is 0 Å². The Kier molecular flexibility index (Phi) is 5.78. The van der Waals surface area contributed by atoms with Crippen molar-refractivity contribution in [1.29, 1.82) is 0 Å². The van der Waals surface area contributed by atoms with Crippen LogP contribution in [0.2, 0.25) is 0 Å². The average Bonchev–Trinajstić information content (AvgIpc) is 2.64. The molecule has 1 aliphatic rings. The number of fused-ring (bicyclic) bond motifs is 1. The quantitative estimate of drug-likeness (QED) is 0.602. The van der Waals surface area contributed by atoms with Crippen molar-refractivity contribution < 1.29 is 20.8 Å². The van der Waals surface area contributed by atoms with Crippen LogP contribution in [0, 0.1) is 6.07 Å². The molecule has 16 heavy (non-hydrogen) atoms. The minimum absolute atomic E-state index is 0.255. The van der Waals surface area contributed by atoms with Crippen LogP contribution >= 0.6 is 17.0 Å². The van der Waals surface area contributed by atoms with E-state index < -0.39 is 20.8 Å². The average molecular weight is 333 g/mol. The van der Waals surface area contributed by atoms with Gasteiger partial charge in [0.15, 0.2) is 0 Å². The Bertz CT molecular complexity index is 378. The zero-order chi connectivity index (χ0) is 12.2. The summed E-state index contributed by atoms with van der Waals surface area (Å²) in [5.41, 5.74) is 4.47. The summed E-state index contributed by atoms with van der Waals surface area (Å²) < 4.78 is 0. The van der Waals surface area contributed by atoms with Gasteiger partial charge in [-0.1, -0.05) is 27.2 Å². The van der Waals surface area contributed by atoms with Gasteiger partial charge in [-0.25, -0.2) is 0 Å². The molecule has 0 saturated carbocycles. The number of allylic oxidation sites excluding steroid dienone is 1. The summed E-state index contributed by atoms with van der Waals surface area (Å²) in [6.07, 6.45) is 5.47. The minimum atomic E-state index is -0.826. The molecule has 0 saturated heterocycles. The fourth-order valence-electron chi connectivity index (χ4n) is 1.91. The fourth-order valence-corrected chi connectivity index (χ4v) is 1.91. The summed E-state index contributed by atoms with van der Waals surface area (Å²) in [5, 5.41) is 0. The molecule has 1 aromatic carbocycles. The standard InChI is InChI=1S/C13H15.2ClH.Zr/c1-13(2,3)12-9-5-7-10-6-4-8-11(10)12;;;/h4-6,9H,8H2,1-3H3;2*1H;/q-1;;;+2/p-2. The first kappa shape index (κ1) is 14.5. The SMILES string of the molecule is CC(C)(C)c1cc[c-]c2c1CC=C2.[Cl][Zr][Cl]. The molecule has 0 amide bonds. The molecule has 2 rings (SSSR count). The van der Waals surface area contributed by atoms with E-state index in [4.69, 9.17) is 17.0 Å². The predicted octanol–water partition coefficient (Wildman–Crippen LogP) is 4.73. The zero-order valence-electron chi connectivity index (χ0n) is 9.77. The van der Waals surface area contributed by atoms with Crippen LogP contribution in [0.25, 0.3) is 6.08 Å². The van der Waals surface area contributed by atoms with Crippen molar-refractivity contribution in [3.63, 3.8) is 0 Å². The van der Waals surface area contributed by atoms with Gasteiger partial charge in [0.05, 0.1) is 0 Å². The molecule has 1 aliphatic carbocycles. The maximum atomic E-state index is 4.93. The Morgan fingerprint density at radius 3 is 2.50 bits per heavy atom. The van der Waals surface area contributed by atoms with E-state index in [-0.39, 0.29) is 5.41 Å². The van der Waals surface area contributed by atoms with Gasteiger partial charge < -0.3 is 0 Å². The Morgan fingerprint density at radius 1 is 1.31 bits per heavy atom. The van der Waals surface area contributed by atoms with Crippen molar-refractivity contribution in [2.45, 2.75) is 32.6 Å². The number of hydrogen-bond acceptors (Lipinski definition) is 0. The predicted molar refractivity (Wildman–Crippen MR) is 68.4 cm³/mol. The van der Waals surface area contributed by atoms with Gasteiger partial charge in [-0.15, -0.1) is 47.0 Å². The molecule has 0 fully saturated rings. The Morgan fingerprint density at radius 2 is 1.94 bits per heavy atom. The van der Waals surface area contributed by atoms with Gasteiger partial charge in [0.2, 0.25) is 0 Å². The molecule has 0 N–H and O–H groups in total. The first-order valence-electron chi connectivity index (χ1n) is 5.17. The van der Waals surface area contributed by atoms with Crippen molar-refractivity contribution in [3.8, 4) is 0 Å². The maximum absolute atomic E-state index is 4.93. The van der Waals surface area contributed by atoms with Crippen LogP contribution in [0.15, 0.2) is 18.2 Å². The van der Waals surface area contributed by atoms with Crippen molar-refractivity contribution in [1.82, 2.24) is 0 Å². The molecule has 0 unspecified atom stereocenters. The van der Waals surface area contributed by atoms with Crippen LogP contribution in [-0.2, 0) is 32.7 Å². The van der Waals surface area contributed by atoms with E-state index >= 15 is 0 Å². The first-order valence-corrected chi connectivity index (χ1v) is 11.5. The monoisotopic (exact) mass is 331 g/mol. The summed E-state index contributed by atoms with van der Waals surface area (Å²) in [5.74, 6) is 0. The van der Waals surface area contributed by atoms with Crippen LogP contribution in [0.5, 0.6) is 0 Å². The van der Waals surface area contributed by atoms with Crippen LogP contribution < -0.4 is 0 Å². The molecular formula is C13H15Cl2Zr-. The molecular weight excluding hydrogens is 318 g/mol. The van der Waals surface area contributed by atoms with E-state index in [1.54, 1.807) is 0 Å². The van der Waals surface area contributed by atoms with Crippen molar-refractivity contribution in [3.05, 3.63) is 41.0 Å². The van der Waals surface area contributed by atoms with Gasteiger partial charge in [0.25, 0.3) is 0 Å². The van der Waals surface area contributed by atoms with Crippen molar-refractivity contribution in [2.75, 3.05) is 0 Å². The summed E-state index contributed by atoms with van der Waals surface area (Å²) in [6, 6.07) is 7.51. The summed E-state index contributed by atoms with van der Waals surface area (Å²) >= 11 is -0.826. The third-order valence-corrected chi connectivity index (χ3v) is 2.55. The van der Waals surface area contributed by atoms with Gasteiger partial charge in [0, 0.05) is 0 Å². The van der Waals surface area contributed by atoms with Crippen molar-refractivity contribution >= 4 is 23.1 Å². The molecule has 0 aliphatic heterocycles. The van der Waals surface area contributed by atoms with Crippen LogP contribution in [0.4, 0.5) is 0 Å². The van der Waals surface area contributed by atoms with Gasteiger partial charge in [-0.3, -0.25) is 0 Å². The van der Waals surface area contributed by atoms with E-state index in [0.29, 0.717) is 0 Å². The molecule has 1 aromatic rings. The molecule has 0 nitrogen and oxygen atoms in total. The van der Waals surface area contributed by atoms with Crippen LogP contribution in [0.1, 0.15) is 37.5 Å². The Hall–Kier alpha value is 0.423. The van der Waals surface area contributed by atoms with Gasteiger partial charge in [-0.05, 0) is 5.41 Å². The van der Waals surface area contributed by atoms with Crippen LogP contribution in [-0.4, -0.2) is 0 Å². The summed E-state index contributed by atoms with van der Waals surface area (Å²) in [6.45, 7) is 6.79. The molecule has 0 atom stereocenters. The zero-order valence-corrected chi connectivity index (χ0v) is 13.7. The number of halogens is 2. The number of rotatable bonds is 0. The first-order chi connectivity index (χ1) is 7.50. The van der Waals surface area contributed by atoms with Gasteiger partial charge >= 0.3 is 37.9 Å². The van der Waals surface area contributed by atoms with Crippen LogP contribution in [0.3, 0.4) is 0 Å². The van der Waals surface area contributed by atoms with E-state index in [9.17, 15) is 0 Å². The molecule has 0 radical (unpaired) electrons. The van der Waals surface area contributed by atoms with E-state index in [1.807, 2.05) is 6.07 Å². The van der Waals surface area contributed by atoms with E-state index in [0.717, 1.165) is 6.42 Å². The normalized spacial score (nSPS) is 12.8. The summed E-state index contributed by atoms with van der Waals surface area (Å²) in [4.78, 5) is 0. The number of hydrogen-bond donors (Lipinski definition) is 0. The topological polar surface area (TPSA) is 0 Å². The molecule has 0 heterocycles. The van der Waals surface area contributed by atoms with E-state index in [2.05, 4.69) is 45.1 Å². The second-order valence-corrected chi connectivity index (χ2v) is 8.44. The Labute approximate surface area is 117 Å². The fraction of sp³-hybridized carbons (Fsp3) is 0.385. The molecule has 3 heteroatoms.